The van der Waals surface area contributed by atoms with Crippen molar-refractivity contribution in [3.05, 3.63) is 36.2 Å². The topological polar surface area (TPSA) is 33.2 Å². The number of hydrogen-bond donors (Lipinski definition) is 0. The highest BCUT2D eigenvalue weighted by molar-refractivity contribution is 5.72. The summed E-state index contributed by atoms with van der Waals surface area (Å²) in [6.07, 6.45) is 15.1. The summed E-state index contributed by atoms with van der Waals surface area (Å²) in [5.74, 6) is 2.36. The zero-order chi connectivity index (χ0) is 17.9. The number of carbonyl (C=O) groups is 1. The van der Waals surface area contributed by atoms with Gasteiger partial charge in [0, 0.05) is 25.0 Å². The van der Waals surface area contributed by atoms with Crippen LogP contribution in [0.3, 0.4) is 0 Å². The average molecular weight is 351 g/mol. The van der Waals surface area contributed by atoms with Crippen LogP contribution in [0.5, 0.6) is 0 Å². The second-order valence-electron chi connectivity index (χ2n) is 9.62. The molecule has 5 rings (SSSR count). The summed E-state index contributed by atoms with van der Waals surface area (Å²) in [5.41, 5.74) is 3.50. The van der Waals surface area contributed by atoms with Crippen LogP contribution in [0.25, 0.3) is 5.57 Å². The highest BCUT2D eigenvalue weighted by Crippen LogP contribution is 2.66. The summed E-state index contributed by atoms with van der Waals surface area (Å²) >= 11 is 0. The second-order valence-corrected chi connectivity index (χ2v) is 9.62. The Morgan fingerprint density at radius 1 is 1.19 bits per heavy atom. The summed E-state index contributed by atoms with van der Waals surface area (Å²) in [6.45, 7) is 5.97. The summed E-state index contributed by atoms with van der Waals surface area (Å²) in [5, 5.41) is 0. The lowest BCUT2D eigenvalue weighted by Crippen LogP contribution is -2.53. The molecule has 1 aliphatic heterocycles. The van der Waals surface area contributed by atoms with Gasteiger partial charge >= 0.3 is 0 Å². The van der Waals surface area contributed by atoms with E-state index in [-0.39, 0.29) is 0 Å². The minimum absolute atomic E-state index is 0.302. The van der Waals surface area contributed by atoms with E-state index in [4.69, 9.17) is 0 Å². The summed E-state index contributed by atoms with van der Waals surface area (Å²) in [6, 6.07) is 4.78. The first kappa shape index (κ1) is 16.5. The zero-order valence-electron chi connectivity index (χ0n) is 16.0. The summed E-state index contributed by atoms with van der Waals surface area (Å²) in [7, 11) is 0. The molecule has 1 aromatic rings. The van der Waals surface area contributed by atoms with Crippen molar-refractivity contribution in [3.63, 3.8) is 0 Å². The van der Waals surface area contributed by atoms with Crippen LogP contribution in [0, 0.1) is 28.6 Å². The molecule has 4 aliphatic rings. The summed E-state index contributed by atoms with van der Waals surface area (Å²) < 4.78 is 0. The molecule has 3 aliphatic carbocycles. The van der Waals surface area contributed by atoms with Gasteiger partial charge in [-0.1, -0.05) is 26.0 Å². The largest absolute Gasteiger partial charge is 0.342 e. The molecule has 1 saturated heterocycles. The van der Waals surface area contributed by atoms with Crippen LogP contribution < -0.4 is 0 Å². The molecule has 1 amide bonds. The van der Waals surface area contributed by atoms with E-state index in [2.05, 4.69) is 41.9 Å². The van der Waals surface area contributed by atoms with E-state index in [1.165, 1.54) is 44.1 Å². The Kier molecular flexibility index (Phi) is 3.61. The number of aromatic nitrogens is 1. The minimum Gasteiger partial charge on any atom is -0.342 e. The fourth-order valence-corrected chi connectivity index (χ4v) is 7.52. The van der Waals surface area contributed by atoms with Crippen molar-refractivity contribution in [2.75, 3.05) is 6.54 Å². The number of likely N-dealkylation sites (tertiary alicyclic amines) is 1. The molecule has 0 spiro atoms. The molecule has 26 heavy (non-hydrogen) atoms. The molecule has 2 saturated carbocycles. The van der Waals surface area contributed by atoms with Crippen molar-refractivity contribution in [1.29, 1.82) is 0 Å². The van der Waals surface area contributed by atoms with E-state index in [0.717, 1.165) is 30.7 Å². The first-order valence-electron chi connectivity index (χ1n) is 10.4. The van der Waals surface area contributed by atoms with Crippen molar-refractivity contribution in [1.82, 2.24) is 9.88 Å². The molecule has 3 fully saturated rings. The van der Waals surface area contributed by atoms with E-state index >= 15 is 0 Å². The van der Waals surface area contributed by atoms with E-state index in [0.29, 0.717) is 16.9 Å². The van der Waals surface area contributed by atoms with Gasteiger partial charge in [0.15, 0.2) is 0 Å². The van der Waals surface area contributed by atoms with Gasteiger partial charge in [0.05, 0.1) is 0 Å². The van der Waals surface area contributed by atoms with Crippen molar-refractivity contribution >= 4 is 12.0 Å². The minimum atomic E-state index is 0.302. The Labute approximate surface area is 156 Å². The predicted molar refractivity (Wildman–Crippen MR) is 103 cm³/mol. The Morgan fingerprint density at radius 2 is 2.08 bits per heavy atom. The van der Waals surface area contributed by atoms with E-state index in [1.54, 1.807) is 5.57 Å². The number of pyridine rings is 1. The maximum Gasteiger partial charge on any atom is 0.209 e. The standard InChI is InChI=1S/C23H30N2O/c1-22-10-9-20-17(5-8-21-23(20,2)11-13-25(21)15-26)19(22)7-6-18(22)16-4-3-12-24-14-16/h3-4,6,12,14-15,17,19-21H,5,7-11,13H2,1-2H3/t17-,19-,20?,21?,22+,23+/m0/s1. The zero-order valence-corrected chi connectivity index (χ0v) is 16.0. The highest BCUT2D eigenvalue weighted by atomic mass is 16.1. The first-order valence-corrected chi connectivity index (χ1v) is 10.4. The van der Waals surface area contributed by atoms with Crippen LogP contribution >= 0.6 is 0 Å². The molecule has 2 heterocycles. The number of carbonyl (C=O) groups excluding carboxylic acids is 1. The molecule has 2 unspecified atom stereocenters. The van der Waals surface area contributed by atoms with Gasteiger partial charge < -0.3 is 4.90 Å². The number of nitrogens with zero attached hydrogens (tertiary/aromatic N) is 2. The van der Waals surface area contributed by atoms with Crippen molar-refractivity contribution < 1.29 is 4.79 Å². The van der Waals surface area contributed by atoms with Crippen molar-refractivity contribution in [2.45, 2.75) is 58.4 Å². The van der Waals surface area contributed by atoms with Crippen LogP contribution in [-0.2, 0) is 4.79 Å². The number of hydrogen-bond acceptors (Lipinski definition) is 2. The fourth-order valence-electron chi connectivity index (χ4n) is 7.52. The lowest BCUT2D eigenvalue weighted by molar-refractivity contribution is -0.123. The molecule has 1 aromatic heterocycles. The number of fused-ring (bicyclic) bond motifs is 5. The maximum atomic E-state index is 11.5. The lowest BCUT2D eigenvalue weighted by Gasteiger charge is -2.57. The van der Waals surface area contributed by atoms with Gasteiger partial charge in [0.1, 0.15) is 0 Å². The quantitative estimate of drug-likeness (QED) is 0.733. The van der Waals surface area contributed by atoms with Crippen LogP contribution in [0.1, 0.15) is 57.9 Å². The van der Waals surface area contributed by atoms with Crippen LogP contribution in [-0.4, -0.2) is 28.9 Å². The Morgan fingerprint density at radius 3 is 2.85 bits per heavy atom. The van der Waals surface area contributed by atoms with E-state index in [1.807, 2.05) is 12.4 Å². The van der Waals surface area contributed by atoms with Crippen LogP contribution in [0.2, 0.25) is 0 Å². The molecule has 3 nitrogen and oxygen atoms in total. The van der Waals surface area contributed by atoms with Gasteiger partial charge in [-0.25, -0.2) is 0 Å². The molecule has 0 aromatic carbocycles. The normalized spacial score (nSPS) is 44.1. The molecule has 138 valence electrons. The third-order valence-electron chi connectivity index (χ3n) is 8.82. The van der Waals surface area contributed by atoms with Gasteiger partial charge in [0.2, 0.25) is 6.41 Å². The molecule has 0 N–H and O–H groups in total. The third-order valence-corrected chi connectivity index (χ3v) is 8.82. The Bertz CT molecular complexity index is 744. The van der Waals surface area contributed by atoms with Gasteiger partial charge in [-0.3, -0.25) is 9.78 Å². The Hall–Kier alpha value is -1.64. The predicted octanol–water partition coefficient (Wildman–Crippen LogP) is 4.55. The monoisotopic (exact) mass is 350 g/mol. The van der Waals surface area contributed by atoms with Gasteiger partial charge in [-0.15, -0.1) is 0 Å². The van der Waals surface area contributed by atoms with Gasteiger partial charge in [-0.05, 0) is 84.3 Å². The number of allylic oxidation sites excluding steroid dienone is 2. The smallest absolute Gasteiger partial charge is 0.209 e. The second kappa shape index (κ2) is 5.68. The SMILES string of the molecule is C[C@]12CCN(C=O)C1CC[C@@H]1C2CC[C@]2(C)C(c3cccnc3)=CC[C@@H]12. The molecular weight excluding hydrogens is 320 g/mol. The van der Waals surface area contributed by atoms with Crippen LogP contribution in [0.4, 0.5) is 0 Å². The van der Waals surface area contributed by atoms with Crippen LogP contribution in [0.15, 0.2) is 30.6 Å². The maximum absolute atomic E-state index is 11.5. The van der Waals surface area contributed by atoms with Gasteiger partial charge in [0.25, 0.3) is 0 Å². The van der Waals surface area contributed by atoms with Crippen molar-refractivity contribution in [3.8, 4) is 0 Å². The highest BCUT2D eigenvalue weighted by Gasteiger charge is 2.60. The third kappa shape index (κ3) is 2.06. The lowest BCUT2D eigenvalue weighted by atomic mass is 9.48. The molecule has 0 radical (unpaired) electrons. The Balaban J connectivity index is 1.45. The first-order chi connectivity index (χ1) is 12.6. The number of rotatable bonds is 2. The van der Waals surface area contributed by atoms with E-state index < -0.39 is 0 Å². The number of amides is 1. The molecule has 3 heteroatoms. The fraction of sp³-hybridized carbons (Fsp3) is 0.652. The average Bonchev–Trinajstić information content (AvgIpc) is 3.19. The summed E-state index contributed by atoms with van der Waals surface area (Å²) in [4.78, 5) is 18.0. The van der Waals surface area contributed by atoms with Crippen molar-refractivity contribution in [2.24, 2.45) is 28.6 Å². The van der Waals surface area contributed by atoms with E-state index in [9.17, 15) is 4.79 Å². The van der Waals surface area contributed by atoms with Gasteiger partial charge in [-0.2, -0.15) is 0 Å². The molecule has 6 atom stereocenters. The molecule has 0 bridgehead atoms. The molecular formula is C23H30N2O.